The zero-order valence-electron chi connectivity index (χ0n) is 18.5. The maximum atomic E-state index is 9.72. The molecule has 1 N–H and O–H groups in total. The Balaban J connectivity index is 1.39. The van der Waals surface area contributed by atoms with Crippen LogP contribution in [0.4, 0.5) is 0 Å². The van der Waals surface area contributed by atoms with Crippen LogP contribution in [0.3, 0.4) is 0 Å². The van der Waals surface area contributed by atoms with Crippen molar-refractivity contribution in [3.63, 3.8) is 0 Å². The normalized spacial score (nSPS) is 22.7. The van der Waals surface area contributed by atoms with Gasteiger partial charge < -0.3 is 14.6 Å². The Kier molecular flexibility index (Phi) is 7.20. The summed E-state index contributed by atoms with van der Waals surface area (Å²) < 4.78 is 2.19. The number of aliphatic hydroxyl groups excluding tert-OH is 1. The highest BCUT2D eigenvalue weighted by molar-refractivity contribution is 5.27. The van der Waals surface area contributed by atoms with Crippen LogP contribution >= 0.6 is 0 Å². The Hall–Kier alpha value is -1.73. The third kappa shape index (κ3) is 4.94. The molecular weight excluding hydrogens is 374 g/mol. The fourth-order valence-electron chi connectivity index (χ4n) is 5.19. The first-order chi connectivity index (χ1) is 14.7. The van der Waals surface area contributed by atoms with Gasteiger partial charge in [0.05, 0.1) is 0 Å². The number of hydrogen-bond acceptors (Lipinski definition) is 5. The van der Waals surface area contributed by atoms with Crippen LogP contribution in [0.1, 0.15) is 38.8 Å². The molecule has 2 aromatic heterocycles. The van der Waals surface area contributed by atoms with E-state index in [4.69, 9.17) is 0 Å². The smallest absolute Gasteiger partial charge is 0.136 e. The molecule has 0 saturated carbocycles. The highest BCUT2D eigenvalue weighted by atomic mass is 16.3. The number of likely N-dealkylation sites (tertiary alicyclic amines) is 1. The summed E-state index contributed by atoms with van der Waals surface area (Å²) >= 11 is 0. The van der Waals surface area contributed by atoms with E-state index >= 15 is 0 Å². The second-order valence-corrected chi connectivity index (χ2v) is 9.06. The van der Waals surface area contributed by atoms with Crippen LogP contribution in [0.2, 0.25) is 0 Å². The molecule has 2 saturated heterocycles. The third-order valence-electron chi connectivity index (χ3n) is 6.89. The van der Waals surface area contributed by atoms with Crippen molar-refractivity contribution in [1.29, 1.82) is 0 Å². The molecule has 1 atom stereocenters. The molecule has 30 heavy (non-hydrogen) atoms. The number of rotatable bonds is 7. The number of nitrogens with zero attached hydrogens (tertiary/aromatic N) is 5. The predicted octanol–water partition coefficient (Wildman–Crippen LogP) is 2.61. The largest absolute Gasteiger partial charge is 0.396 e. The van der Waals surface area contributed by atoms with Gasteiger partial charge in [-0.15, -0.1) is 0 Å². The van der Waals surface area contributed by atoms with Gasteiger partial charge in [-0.05, 0) is 70.5 Å². The van der Waals surface area contributed by atoms with Crippen LogP contribution in [0.5, 0.6) is 0 Å². The van der Waals surface area contributed by atoms with Crippen LogP contribution < -0.4 is 0 Å². The summed E-state index contributed by atoms with van der Waals surface area (Å²) in [5.41, 5.74) is 1.27. The maximum Gasteiger partial charge on any atom is 0.136 e. The molecule has 2 aliphatic heterocycles. The third-order valence-corrected chi connectivity index (χ3v) is 6.89. The Labute approximate surface area is 181 Å². The van der Waals surface area contributed by atoms with Gasteiger partial charge in [-0.25, -0.2) is 4.98 Å². The molecule has 0 unspecified atom stereocenters. The summed E-state index contributed by atoms with van der Waals surface area (Å²) in [6.45, 7) is 11.4. The summed E-state index contributed by atoms with van der Waals surface area (Å²) in [5, 5.41) is 9.72. The molecule has 6 nitrogen and oxygen atoms in total. The van der Waals surface area contributed by atoms with E-state index < -0.39 is 0 Å². The fourth-order valence-corrected chi connectivity index (χ4v) is 5.19. The molecule has 0 spiro atoms. The lowest BCUT2D eigenvalue weighted by Crippen LogP contribution is -2.58. The van der Waals surface area contributed by atoms with Gasteiger partial charge in [0, 0.05) is 69.0 Å². The van der Waals surface area contributed by atoms with Crippen LogP contribution in [0, 0.1) is 0 Å². The van der Waals surface area contributed by atoms with E-state index in [9.17, 15) is 5.11 Å². The van der Waals surface area contributed by atoms with Crippen molar-refractivity contribution >= 4 is 0 Å². The van der Waals surface area contributed by atoms with Crippen molar-refractivity contribution < 1.29 is 5.11 Å². The van der Waals surface area contributed by atoms with Crippen LogP contribution in [0.15, 0.2) is 42.7 Å². The van der Waals surface area contributed by atoms with Crippen molar-refractivity contribution in [1.82, 2.24) is 24.3 Å². The van der Waals surface area contributed by atoms with E-state index in [0.29, 0.717) is 18.1 Å². The lowest BCUT2D eigenvalue weighted by molar-refractivity contribution is -0.000454. The van der Waals surface area contributed by atoms with Crippen LogP contribution in [0.25, 0.3) is 5.82 Å². The predicted molar refractivity (Wildman–Crippen MR) is 121 cm³/mol. The van der Waals surface area contributed by atoms with Gasteiger partial charge in [0.25, 0.3) is 0 Å². The van der Waals surface area contributed by atoms with Gasteiger partial charge in [0.1, 0.15) is 5.82 Å². The van der Waals surface area contributed by atoms with E-state index in [2.05, 4.69) is 62.5 Å². The average molecular weight is 412 g/mol. The molecule has 2 aliphatic rings. The molecule has 0 aliphatic carbocycles. The summed E-state index contributed by atoms with van der Waals surface area (Å²) in [5.74, 6) is 0.972. The van der Waals surface area contributed by atoms with Crippen molar-refractivity contribution in [2.24, 2.45) is 0 Å². The minimum absolute atomic E-state index is 0.268. The monoisotopic (exact) mass is 411 g/mol. The van der Waals surface area contributed by atoms with Gasteiger partial charge in [-0.3, -0.25) is 9.80 Å². The number of hydrogen-bond donors (Lipinski definition) is 1. The summed E-state index contributed by atoms with van der Waals surface area (Å²) in [4.78, 5) is 12.4. The second kappa shape index (κ2) is 10.1. The van der Waals surface area contributed by atoms with Crippen molar-refractivity contribution in [2.75, 3.05) is 39.3 Å². The Morgan fingerprint density at radius 3 is 2.60 bits per heavy atom. The molecule has 0 radical (unpaired) electrons. The van der Waals surface area contributed by atoms with E-state index in [-0.39, 0.29) is 6.61 Å². The average Bonchev–Trinajstić information content (AvgIpc) is 3.23. The molecular formula is C24H37N5O. The maximum absolute atomic E-state index is 9.72. The van der Waals surface area contributed by atoms with Crippen molar-refractivity contribution in [2.45, 2.75) is 57.8 Å². The van der Waals surface area contributed by atoms with Gasteiger partial charge in [0.2, 0.25) is 0 Å². The first-order valence-electron chi connectivity index (χ1n) is 11.6. The fraction of sp³-hybridized carbons (Fsp3) is 0.625. The Bertz CT molecular complexity index is 769. The van der Waals surface area contributed by atoms with Crippen LogP contribution in [-0.2, 0) is 6.54 Å². The molecule has 2 fully saturated rings. The molecule has 6 heteroatoms. The molecule has 164 valence electrons. The quantitative estimate of drug-likeness (QED) is 0.759. The SMILES string of the molecule is CC(C)N1CCC(N2CCN(Cc3cccn3-c3ccccn3)C[C@H]2CCO)CC1. The zero-order chi connectivity index (χ0) is 20.9. The Morgan fingerprint density at radius 1 is 1.07 bits per heavy atom. The second-order valence-electron chi connectivity index (χ2n) is 9.06. The molecule has 4 heterocycles. The lowest BCUT2D eigenvalue weighted by atomic mass is 9.97. The first-order valence-corrected chi connectivity index (χ1v) is 11.6. The molecule has 2 aromatic rings. The molecule has 4 rings (SSSR count). The standard InChI is InChI=1S/C24H37N5O/c1-20(2)27-13-8-21(9-14-27)28-16-15-26(19-23(28)10-17-30)18-22-6-5-12-29(22)24-7-3-4-11-25-24/h3-7,11-12,20-21,23,30H,8-10,13-19H2,1-2H3/t23-/m1/s1. The van der Waals surface area contributed by atoms with Gasteiger partial charge in [-0.2, -0.15) is 0 Å². The van der Waals surface area contributed by atoms with Crippen molar-refractivity contribution in [3.05, 3.63) is 48.4 Å². The Morgan fingerprint density at radius 2 is 1.90 bits per heavy atom. The number of aliphatic hydroxyl groups is 1. The number of aromatic nitrogens is 2. The van der Waals surface area contributed by atoms with Crippen molar-refractivity contribution in [3.8, 4) is 5.82 Å². The lowest BCUT2D eigenvalue weighted by Gasteiger charge is -2.48. The van der Waals surface area contributed by atoms with Crippen LogP contribution in [-0.4, -0.2) is 86.8 Å². The highest BCUT2D eigenvalue weighted by Gasteiger charge is 2.34. The minimum atomic E-state index is 0.268. The van der Waals surface area contributed by atoms with E-state index in [0.717, 1.165) is 38.4 Å². The zero-order valence-corrected chi connectivity index (χ0v) is 18.5. The highest BCUT2D eigenvalue weighted by Crippen LogP contribution is 2.25. The molecule has 0 bridgehead atoms. The van der Waals surface area contributed by atoms with Gasteiger partial charge in [0.15, 0.2) is 0 Å². The van der Waals surface area contributed by atoms with Gasteiger partial charge in [-0.1, -0.05) is 6.07 Å². The summed E-state index contributed by atoms with van der Waals surface area (Å²) in [7, 11) is 0. The molecule has 0 aromatic carbocycles. The summed E-state index contributed by atoms with van der Waals surface area (Å²) in [6.07, 6.45) is 7.31. The number of pyridine rings is 1. The topological polar surface area (TPSA) is 47.8 Å². The minimum Gasteiger partial charge on any atom is -0.396 e. The first kappa shape index (κ1) is 21.5. The van der Waals surface area contributed by atoms with E-state index in [1.54, 1.807) is 0 Å². The summed E-state index contributed by atoms with van der Waals surface area (Å²) in [6, 6.07) is 12.1. The van der Waals surface area contributed by atoms with E-state index in [1.165, 1.54) is 31.6 Å². The van der Waals surface area contributed by atoms with Gasteiger partial charge >= 0.3 is 0 Å². The number of piperidine rings is 1. The number of piperazine rings is 1. The van der Waals surface area contributed by atoms with E-state index in [1.807, 2.05) is 18.3 Å². The molecule has 0 amide bonds.